The molecule has 0 aromatic heterocycles. The van der Waals surface area contributed by atoms with Crippen LogP contribution in [0.2, 0.25) is 0 Å². The van der Waals surface area contributed by atoms with E-state index in [1.807, 2.05) is 0 Å². The molecule has 0 rings (SSSR count). The van der Waals surface area contributed by atoms with Gasteiger partial charge in [0.25, 0.3) is 0 Å². The summed E-state index contributed by atoms with van der Waals surface area (Å²) in [6.45, 7) is 6.45. The Bertz CT molecular complexity index is 1290. The second-order valence-corrected chi connectivity index (χ2v) is 18.1. The van der Waals surface area contributed by atoms with Crippen molar-refractivity contribution in [3.63, 3.8) is 0 Å². The van der Waals surface area contributed by atoms with Gasteiger partial charge in [-0.3, -0.25) is 14.4 Å². The fourth-order valence-electron chi connectivity index (χ4n) is 7.50. The Labute approximate surface area is 407 Å². The summed E-state index contributed by atoms with van der Waals surface area (Å²) in [6, 6.07) is 0. The number of ether oxygens (including phenoxy) is 3. The Balaban J connectivity index is 4.47. The summed E-state index contributed by atoms with van der Waals surface area (Å²) in [5, 5.41) is 0. The summed E-state index contributed by atoms with van der Waals surface area (Å²) in [5.41, 5.74) is 0. The molecular weight excluding hydrogens is 817 g/mol. The van der Waals surface area contributed by atoms with Crippen LogP contribution in [0.4, 0.5) is 0 Å². The molecule has 0 aromatic rings. The van der Waals surface area contributed by atoms with E-state index in [0.717, 1.165) is 109 Å². The van der Waals surface area contributed by atoms with Crippen molar-refractivity contribution < 1.29 is 28.6 Å². The lowest BCUT2D eigenvalue weighted by Gasteiger charge is -2.18. The minimum Gasteiger partial charge on any atom is -0.462 e. The largest absolute Gasteiger partial charge is 0.462 e. The quantitative estimate of drug-likeness (QED) is 0.0262. The third-order valence-corrected chi connectivity index (χ3v) is 11.6. The summed E-state index contributed by atoms with van der Waals surface area (Å²) in [5.74, 6) is -0.957. The molecule has 0 radical (unpaired) electrons. The van der Waals surface area contributed by atoms with Gasteiger partial charge in [-0.1, -0.05) is 228 Å². The summed E-state index contributed by atoms with van der Waals surface area (Å²) < 4.78 is 16.8. The number of carbonyl (C=O) groups is 3. The molecule has 0 amide bonds. The van der Waals surface area contributed by atoms with Crippen molar-refractivity contribution in [2.45, 2.75) is 264 Å². The molecule has 0 saturated carbocycles. The van der Waals surface area contributed by atoms with Gasteiger partial charge in [-0.25, -0.2) is 0 Å². The summed E-state index contributed by atoms with van der Waals surface area (Å²) in [6.07, 6.45) is 70.0. The number of carbonyl (C=O) groups excluding carboxylic acids is 3. The Kier molecular flexibility index (Phi) is 51.4. The van der Waals surface area contributed by atoms with Gasteiger partial charge in [0.05, 0.1) is 0 Å². The van der Waals surface area contributed by atoms with E-state index in [4.69, 9.17) is 14.2 Å². The van der Waals surface area contributed by atoms with Crippen molar-refractivity contribution in [1.29, 1.82) is 0 Å². The van der Waals surface area contributed by atoms with Crippen LogP contribution in [-0.2, 0) is 28.6 Å². The van der Waals surface area contributed by atoms with Crippen LogP contribution >= 0.6 is 0 Å². The van der Waals surface area contributed by atoms with Crippen LogP contribution in [-0.4, -0.2) is 37.2 Å². The lowest BCUT2D eigenvalue weighted by atomic mass is 10.0. The highest BCUT2D eigenvalue weighted by Crippen LogP contribution is 2.15. The molecule has 6 nitrogen and oxygen atoms in total. The zero-order valence-electron chi connectivity index (χ0n) is 43.2. The first-order chi connectivity index (χ1) is 32.5. The summed E-state index contributed by atoms with van der Waals surface area (Å²) >= 11 is 0. The third kappa shape index (κ3) is 51.6. The van der Waals surface area contributed by atoms with Gasteiger partial charge >= 0.3 is 17.9 Å². The van der Waals surface area contributed by atoms with E-state index in [2.05, 4.69) is 106 Å². The fraction of sp³-hybridized carbons (Fsp3) is 0.717. The molecule has 66 heavy (non-hydrogen) atoms. The highest BCUT2D eigenvalue weighted by molar-refractivity contribution is 5.71. The zero-order chi connectivity index (χ0) is 47.9. The maximum Gasteiger partial charge on any atom is 0.306 e. The van der Waals surface area contributed by atoms with Gasteiger partial charge in [0.1, 0.15) is 13.2 Å². The van der Waals surface area contributed by atoms with Crippen molar-refractivity contribution >= 4 is 17.9 Å². The molecular formula is C60H102O6. The lowest BCUT2D eigenvalue weighted by molar-refractivity contribution is -0.167. The molecule has 0 aliphatic rings. The molecule has 0 saturated heterocycles. The lowest BCUT2D eigenvalue weighted by Crippen LogP contribution is -2.30. The van der Waals surface area contributed by atoms with Gasteiger partial charge < -0.3 is 14.2 Å². The topological polar surface area (TPSA) is 78.9 Å². The van der Waals surface area contributed by atoms with Crippen LogP contribution in [0.15, 0.2) is 85.1 Å². The Hall–Kier alpha value is -3.41. The maximum absolute atomic E-state index is 12.8. The van der Waals surface area contributed by atoms with Gasteiger partial charge in [-0.15, -0.1) is 0 Å². The van der Waals surface area contributed by atoms with Gasteiger partial charge in [-0.2, -0.15) is 0 Å². The first-order valence-electron chi connectivity index (χ1n) is 27.6. The molecule has 0 heterocycles. The first-order valence-corrected chi connectivity index (χ1v) is 27.6. The van der Waals surface area contributed by atoms with Crippen molar-refractivity contribution in [3.8, 4) is 0 Å². The average Bonchev–Trinajstić information content (AvgIpc) is 3.31. The van der Waals surface area contributed by atoms with Crippen LogP contribution in [0.25, 0.3) is 0 Å². The highest BCUT2D eigenvalue weighted by Gasteiger charge is 2.19. The SMILES string of the molecule is CC/C=C\C/C=C\C/C=C\C/C=C\CCCCC(=O)OC[C@H](COC(=O)CCCCCC/C=C\C/C=C\C/C=C\CCCCC)OC(=O)CCCCCCCCCCCCCCCCCC. The van der Waals surface area contributed by atoms with Crippen molar-refractivity contribution in [3.05, 3.63) is 85.1 Å². The molecule has 6 heteroatoms. The van der Waals surface area contributed by atoms with Crippen molar-refractivity contribution in [2.24, 2.45) is 0 Å². The average molecular weight is 919 g/mol. The van der Waals surface area contributed by atoms with E-state index in [1.54, 1.807) is 0 Å². The zero-order valence-corrected chi connectivity index (χ0v) is 43.2. The molecule has 0 unspecified atom stereocenters. The maximum atomic E-state index is 12.8. The molecule has 0 bridgehead atoms. The normalized spacial score (nSPS) is 12.7. The van der Waals surface area contributed by atoms with E-state index in [9.17, 15) is 14.4 Å². The molecule has 0 aliphatic carbocycles. The third-order valence-electron chi connectivity index (χ3n) is 11.6. The molecule has 0 aliphatic heterocycles. The Morgan fingerprint density at radius 3 is 0.985 bits per heavy atom. The Morgan fingerprint density at radius 1 is 0.318 bits per heavy atom. The highest BCUT2D eigenvalue weighted by atomic mass is 16.6. The van der Waals surface area contributed by atoms with Gasteiger partial charge in [-0.05, 0) is 96.3 Å². The second kappa shape index (κ2) is 54.2. The molecule has 0 fully saturated rings. The minimum absolute atomic E-state index is 0.100. The van der Waals surface area contributed by atoms with Gasteiger partial charge in [0, 0.05) is 19.3 Å². The smallest absolute Gasteiger partial charge is 0.306 e. The van der Waals surface area contributed by atoms with E-state index in [1.165, 1.54) is 109 Å². The van der Waals surface area contributed by atoms with Gasteiger partial charge in [0.15, 0.2) is 6.10 Å². The summed E-state index contributed by atoms with van der Waals surface area (Å²) in [4.78, 5) is 38.1. The molecule has 1 atom stereocenters. The van der Waals surface area contributed by atoms with E-state index in [-0.39, 0.29) is 31.1 Å². The number of unbranched alkanes of at least 4 members (excludes halogenated alkanes) is 24. The van der Waals surface area contributed by atoms with Crippen LogP contribution in [0, 0.1) is 0 Å². The monoisotopic (exact) mass is 919 g/mol. The number of rotatable bonds is 49. The molecule has 0 spiro atoms. The standard InChI is InChI=1S/C60H102O6/c1-4-7-10-13-16-19-22-25-28-30-33-35-38-41-44-47-50-53-59(62)65-56-57(55-64-58(61)52-49-46-43-40-37-34-31-27-24-21-18-15-12-9-6-3)66-60(63)54-51-48-45-42-39-36-32-29-26-23-20-17-14-11-8-5-2/h9,12,16,18-19,21,25,27-28,31,33,35,37,40,57H,4-8,10-11,13-15,17,20,22-24,26,29-30,32,34,36,38-39,41-56H2,1-3H3/b12-9-,19-16-,21-18-,28-25-,31-27-,35-33-,40-37-/t57-/m1/s1. The fourth-order valence-corrected chi connectivity index (χ4v) is 7.50. The number of hydrogen-bond donors (Lipinski definition) is 0. The number of esters is 3. The van der Waals surface area contributed by atoms with E-state index < -0.39 is 6.10 Å². The van der Waals surface area contributed by atoms with Gasteiger partial charge in [0.2, 0.25) is 0 Å². The van der Waals surface area contributed by atoms with E-state index in [0.29, 0.717) is 19.3 Å². The van der Waals surface area contributed by atoms with Crippen LogP contribution in [0.5, 0.6) is 0 Å². The summed E-state index contributed by atoms with van der Waals surface area (Å²) in [7, 11) is 0. The predicted octanol–water partition coefficient (Wildman–Crippen LogP) is 18.4. The van der Waals surface area contributed by atoms with Crippen LogP contribution in [0.1, 0.15) is 258 Å². The molecule has 0 aromatic carbocycles. The second-order valence-electron chi connectivity index (χ2n) is 18.1. The van der Waals surface area contributed by atoms with E-state index >= 15 is 0 Å². The minimum atomic E-state index is -0.801. The number of hydrogen-bond acceptors (Lipinski definition) is 6. The predicted molar refractivity (Wildman–Crippen MR) is 284 cm³/mol. The molecule has 378 valence electrons. The molecule has 0 N–H and O–H groups in total. The van der Waals surface area contributed by atoms with Crippen LogP contribution < -0.4 is 0 Å². The van der Waals surface area contributed by atoms with Crippen molar-refractivity contribution in [1.82, 2.24) is 0 Å². The van der Waals surface area contributed by atoms with Crippen molar-refractivity contribution in [2.75, 3.05) is 13.2 Å². The number of allylic oxidation sites excluding steroid dienone is 14. The first kappa shape index (κ1) is 62.6. The van der Waals surface area contributed by atoms with Crippen LogP contribution in [0.3, 0.4) is 0 Å². The Morgan fingerprint density at radius 2 is 0.591 bits per heavy atom.